The van der Waals surface area contributed by atoms with Gasteiger partial charge in [-0.1, -0.05) is 60.7 Å². The maximum atomic E-state index is 6.32. The quantitative estimate of drug-likeness (QED) is 0.623. The SMILES string of the molecule is C=C1CC(c2nc(C3=CC4NC(c5ccccc5)=CC=C4C=C3)c3c(N)nccn23)C1. The van der Waals surface area contributed by atoms with Gasteiger partial charge >= 0.3 is 0 Å². The molecule has 2 aromatic heterocycles. The maximum absolute atomic E-state index is 6.32. The Hall–Kier alpha value is -3.86. The first-order valence-electron chi connectivity index (χ1n) is 10.6. The number of anilines is 1. The molecule has 0 saturated heterocycles. The summed E-state index contributed by atoms with van der Waals surface area (Å²) in [4.78, 5) is 9.40. The number of benzene rings is 1. The molecule has 3 aromatic rings. The van der Waals surface area contributed by atoms with Crippen LogP contribution in [0.5, 0.6) is 0 Å². The molecular weight excluding hydrogens is 382 g/mol. The number of rotatable bonds is 3. The Morgan fingerprint density at radius 3 is 2.74 bits per heavy atom. The monoisotopic (exact) mass is 405 g/mol. The summed E-state index contributed by atoms with van der Waals surface area (Å²) in [5, 5.41) is 3.66. The zero-order valence-electron chi connectivity index (χ0n) is 17.1. The van der Waals surface area contributed by atoms with Crippen molar-refractivity contribution in [2.24, 2.45) is 0 Å². The summed E-state index contributed by atoms with van der Waals surface area (Å²) < 4.78 is 2.11. The molecule has 2 aliphatic carbocycles. The van der Waals surface area contributed by atoms with Crippen molar-refractivity contribution in [3.05, 3.63) is 108 Å². The summed E-state index contributed by atoms with van der Waals surface area (Å²) in [5.74, 6) is 1.94. The number of hydrogen-bond donors (Lipinski definition) is 2. The van der Waals surface area contributed by atoms with E-state index < -0.39 is 0 Å². The van der Waals surface area contributed by atoms with Crippen LogP contribution < -0.4 is 11.1 Å². The van der Waals surface area contributed by atoms with E-state index >= 15 is 0 Å². The first-order valence-corrected chi connectivity index (χ1v) is 10.6. The summed E-state index contributed by atoms with van der Waals surface area (Å²) >= 11 is 0. The van der Waals surface area contributed by atoms with Gasteiger partial charge in [0.2, 0.25) is 0 Å². The molecule has 1 aliphatic heterocycles. The van der Waals surface area contributed by atoms with Crippen molar-refractivity contribution in [2.45, 2.75) is 24.8 Å². The molecule has 3 N–H and O–H groups in total. The van der Waals surface area contributed by atoms with Gasteiger partial charge < -0.3 is 11.1 Å². The predicted molar refractivity (Wildman–Crippen MR) is 125 cm³/mol. The van der Waals surface area contributed by atoms with E-state index in [9.17, 15) is 0 Å². The Labute approximate surface area is 181 Å². The third-order valence-electron chi connectivity index (χ3n) is 6.32. The molecule has 0 bridgehead atoms. The molecule has 1 saturated carbocycles. The van der Waals surface area contributed by atoms with Crippen molar-refractivity contribution in [3.8, 4) is 0 Å². The molecule has 31 heavy (non-hydrogen) atoms. The number of hydrogen-bond acceptors (Lipinski definition) is 4. The van der Waals surface area contributed by atoms with E-state index in [2.05, 4.69) is 75.9 Å². The van der Waals surface area contributed by atoms with Crippen LogP contribution in [0.4, 0.5) is 5.82 Å². The van der Waals surface area contributed by atoms with Gasteiger partial charge in [0.15, 0.2) is 0 Å². The lowest BCUT2D eigenvalue weighted by molar-refractivity contribution is 0.520. The van der Waals surface area contributed by atoms with Crippen LogP contribution in [-0.4, -0.2) is 20.4 Å². The second-order valence-corrected chi connectivity index (χ2v) is 8.40. The molecule has 0 radical (unpaired) electrons. The second-order valence-electron chi connectivity index (χ2n) is 8.40. The normalized spacial score (nSPS) is 20.5. The fraction of sp³-hybridized carbons (Fsp3) is 0.154. The number of nitrogens with two attached hydrogens (primary N) is 1. The van der Waals surface area contributed by atoms with Gasteiger partial charge in [-0.25, -0.2) is 9.97 Å². The molecule has 3 heterocycles. The van der Waals surface area contributed by atoms with Crippen molar-refractivity contribution >= 4 is 22.6 Å². The average molecular weight is 406 g/mol. The molecule has 1 unspecified atom stereocenters. The molecule has 1 aromatic carbocycles. The lowest BCUT2D eigenvalue weighted by Gasteiger charge is -2.27. The number of nitrogens with one attached hydrogen (secondary N) is 1. The van der Waals surface area contributed by atoms with E-state index in [1.807, 2.05) is 12.3 Å². The van der Waals surface area contributed by atoms with Crippen LogP contribution in [0.2, 0.25) is 0 Å². The zero-order valence-corrected chi connectivity index (χ0v) is 17.1. The number of dihydropyridines is 1. The van der Waals surface area contributed by atoms with Crippen LogP contribution >= 0.6 is 0 Å². The molecule has 5 heteroatoms. The van der Waals surface area contributed by atoms with Gasteiger partial charge in [-0.3, -0.25) is 4.40 Å². The van der Waals surface area contributed by atoms with E-state index in [1.165, 1.54) is 16.7 Å². The largest absolute Gasteiger partial charge is 0.382 e. The minimum Gasteiger partial charge on any atom is -0.382 e. The van der Waals surface area contributed by atoms with Crippen LogP contribution in [0.15, 0.2) is 90.8 Å². The Bertz CT molecular complexity index is 1330. The van der Waals surface area contributed by atoms with Crippen molar-refractivity contribution in [3.63, 3.8) is 0 Å². The first-order chi connectivity index (χ1) is 15.2. The fourth-order valence-corrected chi connectivity index (χ4v) is 4.65. The molecule has 1 atom stereocenters. The molecule has 0 amide bonds. The number of nitrogens with zero attached hydrogens (tertiary/aromatic N) is 3. The van der Waals surface area contributed by atoms with Crippen molar-refractivity contribution in [1.82, 2.24) is 19.7 Å². The molecule has 0 spiro atoms. The number of imidazole rings is 1. The maximum Gasteiger partial charge on any atom is 0.150 e. The van der Waals surface area contributed by atoms with Gasteiger partial charge in [-0.15, -0.1) is 0 Å². The Morgan fingerprint density at radius 2 is 1.94 bits per heavy atom. The molecule has 3 aliphatic rings. The standard InChI is InChI=1S/C26H23N5/c1-16-13-20(14-16)26-30-23(24-25(27)28-11-12-31(24)26)19-8-7-18-9-10-21(29-22(18)15-19)17-5-3-2-4-6-17/h2-12,15,20,22,29H,1,13-14H2,(H2,27,28). The van der Waals surface area contributed by atoms with E-state index in [-0.39, 0.29) is 6.04 Å². The minimum absolute atomic E-state index is 0.0850. The van der Waals surface area contributed by atoms with E-state index in [4.69, 9.17) is 10.7 Å². The molecule has 6 rings (SSSR count). The van der Waals surface area contributed by atoms with Crippen LogP contribution in [0.1, 0.15) is 35.8 Å². The highest BCUT2D eigenvalue weighted by Gasteiger charge is 2.30. The summed E-state index contributed by atoms with van der Waals surface area (Å²) in [7, 11) is 0. The second kappa shape index (κ2) is 6.84. The lowest BCUT2D eigenvalue weighted by Crippen LogP contribution is -2.31. The summed E-state index contributed by atoms with van der Waals surface area (Å²) in [6.45, 7) is 4.09. The smallest absolute Gasteiger partial charge is 0.150 e. The van der Waals surface area contributed by atoms with Crippen LogP contribution in [0.25, 0.3) is 16.8 Å². The minimum atomic E-state index is 0.0850. The van der Waals surface area contributed by atoms with Crippen LogP contribution in [0, 0.1) is 0 Å². The van der Waals surface area contributed by atoms with Gasteiger partial charge in [0, 0.05) is 29.6 Å². The Balaban J connectivity index is 1.40. The summed E-state index contributed by atoms with van der Waals surface area (Å²) in [6.07, 6.45) is 16.5. The highest BCUT2D eigenvalue weighted by atomic mass is 15.1. The first kappa shape index (κ1) is 18.0. The Morgan fingerprint density at radius 1 is 1.10 bits per heavy atom. The molecular formula is C26H23N5. The fourth-order valence-electron chi connectivity index (χ4n) is 4.65. The zero-order chi connectivity index (χ0) is 20.9. The highest BCUT2D eigenvalue weighted by Crippen LogP contribution is 2.41. The van der Waals surface area contributed by atoms with E-state index in [0.29, 0.717) is 11.7 Å². The van der Waals surface area contributed by atoms with Crippen molar-refractivity contribution in [1.29, 1.82) is 0 Å². The van der Waals surface area contributed by atoms with Gasteiger partial charge in [0.05, 0.1) is 11.7 Å². The number of fused-ring (bicyclic) bond motifs is 2. The summed E-state index contributed by atoms with van der Waals surface area (Å²) in [5.41, 5.74) is 14.0. The van der Waals surface area contributed by atoms with Gasteiger partial charge in [-0.05, 0) is 36.1 Å². The van der Waals surface area contributed by atoms with Gasteiger partial charge in [0.1, 0.15) is 17.2 Å². The van der Waals surface area contributed by atoms with Crippen molar-refractivity contribution < 1.29 is 0 Å². The van der Waals surface area contributed by atoms with E-state index in [1.54, 1.807) is 6.20 Å². The molecule has 1 fully saturated rings. The molecule has 5 nitrogen and oxygen atoms in total. The van der Waals surface area contributed by atoms with Gasteiger partial charge in [-0.2, -0.15) is 0 Å². The topological polar surface area (TPSA) is 68.2 Å². The highest BCUT2D eigenvalue weighted by molar-refractivity contribution is 5.89. The predicted octanol–water partition coefficient (Wildman–Crippen LogP) is 4.64. The lowest BCUT2D eigenvalue weighted by atomic mass is 9.80. The van der Waals surface area contributed by atoms with Gasteiger partial charge in [0.25, 0.3) is 0 Å². The number of nitrogen functional groups attached to an aromatic ring is 1. The molecule has 152 valence electrons. The van der Waals surface area contributed by atoms with Crippen LogP contribution in [0.3, 0.4) is 0 Å². The Kier molecular flexibility index (Phi) is 3.96. The third kappa shape index (κ3) is 2.93. The van der Waals surface area contributed by atoms with E-state index in [0.717, 1.165) is 41.1 Å². The third-order valence-corrected chi connectivity index (χ3v) is 6.32. The summed E-state index contributed by atoms with van der Waals surface area (Å²) in [6, 6.07) is 10.5. The van der Waals surface area contributed by atoms with Crippen molar-refractivity contribution in [2.75, 3.05) is 5.73 Å². The number of aromatic nitrogens is 3. The van der Waals surface area contributed by atoms with Crippen LogP contribution in [-0.2, 0) is 0 Å². The number of allylic oxidation sites excluding steroid dienone is 5. The average Bonchev–Trinajstić information content (AvgIpc) is 3.17.